The fraction of sp³-hybridized carbons (Fsp3) is 0.154. The number of nitrogens with zero attached hydrogens (tertiary/aromatic N) is 2. The van der Waals surface area contributed by atoms with Gasteiger partial charge in [-0.25, -0.2) is 4.98 Å². The van der Waals surface area contributed by atoms with Crippen LogP contribution in [0.5, 0.6) is 0 Å². The zero-order chi connectivity index (χ0) is 14.7. The van der Waals surface area contributed by atoms with Crippen LogP contribution in [0.15, 0.2) is 35.1 Å². The first kappa shape index (κ1) is 14.9. The monoisotopic (exact) mass is 355 g/mol. The number of carbonyl (C=O) groups is 1. The number of nitrogens with one attached hydrogen (secondary N) is 1. The molecule has 0 aliphatic rings. The molecule has 2 aromatic rings. The van der Waals surface area contributed by atoms with Crippen molar-refractivity contribution in [2.24, 2.45) is 0 Å². The summed E-state index contributed by atoms with van der Waals surface area (Å²) in [6.07, 6.45) is 0.367. The predicted octanol–water partition coefficient (Wildman–Crippen LogP) is 2.33. The number of aliphatic hydroxyl groups excluding tert-OH is 1. The Hall–Kier alpha value is -1.50. The Labute approximate surface area is 129 Å². The average Bonchev–Trinajstić information content (AvgIpc) is 2.45. The molecule has 2 aromatic heterocycles. The molecule has 1 unspecified atom stereocenters. The fourth-order valence-electron chi connectivity index (χ4n) is 1.63. The lowest BCUT2D eigenvalue weighted by Crippen LogP contribution is -2.19. The minimum Gasteiger partial charge on any atom is -0.382 e. The van der Waals surface area contributed by atoms with E-state index in [2.05, 4.69) is 31.2 Å². The van der Waals surface area contributed by atoms with Crippen LogP contribution in [0.25, 0.3) is 0 Å². The Kier molecular flexibility index (Phi) is 4.69. The second-order valence-electron chi connectivity index (χ2n) is 3.96. The maximum atomic E-state index is 11.4. The van der Waals surface area contributed by atoms with Gasteiger partial charge >= 0.3 is 0 Å². The van der Waals surface area contributed by atoms with Crippen LogP contribution in [-0.4, -0.2) is 28.0 Å². The maximum Gasteiger partial charge on any atom is 0.269 e. The number of halogens is 2. The molecule has 0 spiro atoms. The van der Waals surface area contributed by atoms with Gasteiger partial charge in [-0.15, -0.1) is 0 Å². The van der Waals surface area contributed by atoms with Gasteiger partial charge < -0.3 is 10.4 Å². The van der Waals surface area contributed by atoms with Gasteiger partial charge in [0.05, 0.1) is 10.7 Å². The molecule has 0 saturated heterocycles. The van der Waals surface area contributed by atoms with Crippen LogP contribution in [0.2, 0.25) is 5.02 Å². The molecule has 0 aliphatic carbocycles. The van der Waals surface area contributed by atoms with Crippen LogP contribution in [0.3, 0.4) is 0 Å². The number of hydrogen-bond acceptors (Lipinski definition) is 4. The molecular formula is C13H11BrClN3O2. The third-order valence-electron chi connectivity index (χ3n) is 2.65. The number of carbonyl (C=O) groups excluding carboxylic acids is 1. The van der Waals surface area contributed by atoms with E-state index in [1.165, 1.54) is 19.3 Å². The first-order chi connectivity index (χ1) is 9.52. The van der Waals surface area contributed by atoms with E-state index in [9.17, 15) is 9.90 Å². The van der Waals surface area contributed by atoms with Crippen molar-refractivity contribution in [3.63, 3.8) is 0 Å². The third kappa shape index (κ3) is 3.15. The van der Waals surface area contributed by atoms with Crippen LogP contribution >= 0.6 is 27.5 Å². The average molecular weight is 357 g/mol. The molecule has 0 fully saturated rings. The van der Waals surface area contributed by atoms with Gasteiger partial charge in [-0.1, -0.05) is 17.7 Å². The minimum absolute atomic E-state index is 0.190. The smallest absolute Gasteiger partial charge is 0.269 e. The SMILES string of the molecule is CNC(=O)c1cc(Cl)c(C(O)c2cccc(Br)n2)cn1. The number of amides is 1. The molecule has 2 rings (SSSR count). The van der Waals surface area contributed by atoms with E-state index < -0.39 is 6.10 Å². The van der Waals surface area contributed by atoms with Crippen molar-refractivity contribution in [3.05, 3.63) is 57.0 Å². The summed E-state index contributed by atoms with van der Waals surface area (Å²) in [5.74, 6) is -0.339. The number of hydrogen-bond donors (Lipinski definition) is 2. The third-order valence-corrected chi connectivity index (χ3v) is 3.42. The normalized spacial score (nSPS) is 12.0. The largest absolute Gasteiger partial charge is 0.382 e. The highest BCUT2D eigenvalue weighted by molar-refractivity contribution is 9.10. The first-order valence-corrected chi connectivity index (χ1v) is 6.88. The van der Waals surface area contributed by atoms with Crippen LogP contribution in [-0.2, 0) is 0 Å². The van der Waals surface area contributed by atoms with Crippen molar-refractivity contribution in [1.82, 2.24) is 15.3 Å². The Morgan fingerprint density at radius 2 is 2.25 bits per heavy atom. The summed E-state index contributed by atoms with van der Waals surface area (Å²) >= 11 is 9.33. The van der Waals surface area contributed by atoms with Gasteiger partial charge in [0.1, 0.15) is 16.4 Å². The van der Waals surface area contributed by atoms with Gasteiger partial charge in [-0.3, -0.25) is 9.78 Å². The van der Waals surface area contributed by atoms with Crippen molar-refractivity contribution in [3.8, 4) is 0 Å². The highest BCUT2D eigenvalue weighted by Crippen LogP contribution is 2.27. The second-order valence-corrected chi connectivity index (χ2v) is 5.18. The number of aromatic nitrogens is 2. The Bertz CT molecular complexity index is 651. The van der Waals surface area contributed by atoms with Gasteiger partial charge in [-0.05, 0) is 34.1 Å². The molecule has 1 amide bonds. The zero-order valence-corrected chi connectivity index (χ0v) is 12.8. The summed E-state index contributed by atoms with van der Waals surface area (Å²) in [4.78, 5) is 19.6. The molecule has 0 bridgehead atoms. The molecule has 0 aromatic carbocycles. The van der Waals surface area contributed by atoms with E-state index in [0.29, 0.717) is 15.9 Å². The highest BCUT2D eigenvalue weighted by Gasteiger charge is 2.18. The van der Waals surface area contributed by atoms with Gasteiger partial charge in [0.2, 0.25) is 0 Å². The molecular weight excluding hydrogens is 346 g/mol. The van der Waals surface area contributed by atoms with Gasteiger partial charge in [0.15, 0.2) is 0 Å². The highest BCUT2D eigenvalue weighted by atomic mass is 79.9. The zero-order valence-electron chi connectivity index (χ0n) is 10.5. The molecule has 0 aliphatic heterocycles. The summed E-state index contributed by atoms with van der Waals surface area (Å²) in [5.41, 5.74) is 1.02. The molecule has 2 heterocycles. The molecule has 0 radical (unpaired) electrons. The van der Waals surface area contributed by atoms with E-state index in [1.807, 2.05) is 0 Å². The second kappa shape index (κ2) is 6.30. The standard InChI is InChI=1S/C13H11BrClN3O2/c1-16-13(20)10-5-8(15)7(6-17-10)12(19)9-3-2-4-11(14)18-9/h2-6,12,19H,1H3,(H,16,20). The van der Waals surface area contributed by atoms with Crippen LogP contribution < -0.4 is 5.32 Å². The number of aliphatic hydroxyl groups is 1. The van der Waals surface area contributed by atoms with E-state index in [0.717, 1.165) is 0 Å². The lowest BCUT2D eigenvalue weighted by molar-refractivity contribution is 0.0958. The van der Waals surface area contributed by atoms with E-state index in [4.69, 9.17) is 11.6 Å². The van der Waals surface area contributed by atoms with Crippen LogP contribution in [0.1, 0.15) is 27.8 Å². The first-order valence-electron chi connectivity index (χ1n) is 5.71. The van der Waals surface area contributed by atoms with E-state index >= 15 is 0 Å². The summed E-state index contributed by atoms with van der Waals surface area (Å²) < 4.78 is 0.611. The van der Waals surface area contributed by atoms with Crippen LogP contribution in [0.4, 0.5) is 0 Å². The molecule has 1 atom stereocenters. The fourth-order valence-corrected chi connectivity index (χ4v) is 2.24. The van der Waals surface area contributed by atoms with E-state index in [-0.39, 0.29) is 16.6 Å². The summed E-state index contributed by atoms with van der Waals surface area (Å²) in [6.45, 7) is 0. The van der Waals surface area contributed by atoms with Crippen molar-refractivity contribution in [2.45, 2.75) is 6.10 Å². The molecule has 2 N–H and O–H groups in total. The van der Waals surface area contributed by atoms with Gasteiger partial charge in [0, 0.05) is 18.8 Å². The number of pyridine rings is 2. The summed E-state index contributed by atoms with van der Waals surface area (Å²) in [6, 6.07) is 6.61. The molecule has 7 heteroatoms. The maximum absolute atomic E-state index is 11.4. The Balaban J connectivity index is 2.36. The van der Waals surface area contributed by atoms with Crippen molar-refractivity contribution in [2.75, 3.05) is 7.05 Å². The molecule has 20 heavy (non-hydrogen) atoms. The quantitative estimate of drug-likeness (QED) is 0.828. The van der Waals surface area contributed by atoms with Crippen molar-refractivity contribution in [1.29, 1.82) is 0 Å². The molecule has 104 valence electrons. The lowest BCUT2D eigenvalue weighted by Gasteiger charge is -2.12. The Morgan fingerprint density at radius 3 is 2.85 bits per heavy atom. The van der Waals surface area contributed by atoms with E-state index in [1.54, 1.807) is 18.2 Å². The van der Waals surface area contributed by atoms with Crippen LogP contribution in [0, 0.1) is 0 Å². The molecule has 0 saturated carbocycles. The summed E-state index contributed by atoms with van der Waals surface area (Å²) in [7, 11) is 1.51. The number of rotatable bonds is 3. The minimum atomic E-state index is -1.01. The van der Waals surface area contributed by atoms with Gasteiger partial charge in [0.25, 0.3) is 5.91 Å². The van der Waals surface area contributed by atoms with Gasteiger partial charge in [-0.2, -0.15) is 0 Å². The lowest BCUT2D eigenvalue weighted by atomic mass is 10.1. The predicted molar refractivity (Wildman–Crippen MR) is 78.6 cm³/mol. The van der Waals surface area contributed by atoms with Crippen molar-refractivity contribution < 1.29 is 9.90 Å². The van der Waals surface area contributed by atoms with Crippen molar-refractivity contribution >= 4 is 33.4 Å². The Morgan fingerprint density at radius 1 is 1.50 bits per heavy atom. The molecule has 5 nitrogen and oxygen atoms in total. The topological polar surface area (TPSA) is 75.1 Å². The summed E-state index contributed by atoms with van der Waals surface area (Å²) in [5, 5.41) is 13.0.